The number of nitrogens with one attached hydrogen (secondary N) is 1. The van der Waals surface area contributed by atoms with Crippen LogP contribution in [0.5, 0.6) is 0 Å². The molecule has 1 saturated heterocycles. The van der Waals surface area contributed by atoms with E-state index >= 15 is 0 Å². The van der Waals surface area contributed by atoms with Crippen LogP contribution in [0.15, 0.2) is 46.9 Å². The van der Waals surface area contributed by atoms with Crippen molar-refractivity contribution in [3.8, 4) is 0 Å². The van der Waals surface area contributed by atoms with Gasteiger partial charge in [0.25, 0.3) is 0 Å². The SMILES string of the molecule is Cc1ccc(NC(=O)C2CC(=O)N(c3ccc(F)cc3)C2)cc1Br. The molecule has 0 aromatic heterocycles. The van der Waals surface area contributed by atoms with Crippen molar-refractivity contribution in [2.45, 2.75) is 13.3 Å². The topological polar surface area (TPSA) is 49.4 Å². The molecule has 24 heavy (non-hydrogen) atoms. The smallest absolute Gasteiger partial charge is 0.229 e. The third kappa shape index (κ3) is 3.48. The Morgan fingerprint density at radius 2 is 1.96 bits per heavy atom. The van der Waals surface area contributed by atoms with Crippen LogP contribution in [0.3, 0.4) is 0 Å². The maximum atomic E-state index is 13.0. The third-order valence-corrected chi connectivity index (χ3v) is 4.93. The number of benzene rings is 2. The zero-order valence-electron chi connectivity index (χ0n) is 13.1. The van der Waals surface area contributed by atoms with E-state index in [1.807, 2.05) is 25.1 Å². The molecule has 0 saturated carbocycles. The number of carbonyl (C=O) groups is 2. The fourth-order valence-corrected chi connectivity index (χ4v) is 3.05. The molecule has 2 aromatic carbocycles. The Kier molecular flexibility index (Phi) is 4.66. The summed E-state index contributed by atoms with van der Waals surface area (Å²) in [6, 6.07) is 11.3. The van der Waals surface area contributed by atoms with E-state index in [-0.39, 0.29) is 24.1 Å². The molecule has 0 bridgehead atoms. The fraction of sp³-hybridized carbons (Fsp3) is 0.222. The van der Waals surface area contributed by atoms with Crippen molar-refractivity contribution in [3.05, 3.63) is 58.3 Å². The van der Waals surface area contributed by atoms with Crippen molar-refractivity contribution in [2.24, 2.45) is 5.92 Å². The standard InChI is InChI=1S/C18H16BrFN2O2/c1-11-2-5-14(9-16(11)19)21-18(24)12-8-17(23)22(10-12)15-6-3-13(20)4-7-15/h2-7,9,12H,8,10H2,1H3,(H,21,24). The first kappa shape index (κ1) is 16.6. The van der Waals surface area contributed by atoms with Gasteiger partial charge in [-0.05, 0) is 48.9 Å². The molecular formula is C18H16BrFN2O2. The van der Waals surface area contributed by atoms with E-state index in [4.69, 9.17) is 0 Å². The predicted molar refractivity (Wildman–Crippen MR) is 94.4 cm³/mol. The van der Waals surface area contributed by atoms with Gasteiger partial charge in [-0.3, -0.25) is 9.59 Å². The van der Waals surface area contributed by atoms with Gasteiger partial charge in [-0.25, -0.2) is 4.39 Å². The van der Waals surface area contributed by atoms with Gasteiger partial charge in [-0.2, -0.15) is 0 Å². The quantitative estimate of drug-likeness (QED) is 0.863. The van der Waals surface area contributed by atoms with Crippen molar-refractivity contribution >= 4 is 39.1 Å². The largest absolute Gasteiger partial charge is 0.326 e. The summed E-state index contributed by atoms with van der Waals surface area (Å²) >= 11 is 3.43. The van der Waals surface area contributed by atoms with Gasteiger partial charge in [0.2, 0.25) is 11.8 Å². The number of nitrogens with zero attached hydrogens (tertiary/aromatic N) is 1. The van der Waals surface area contributed by atoms with Crippen molar-refractivity contribution in [1.29, 1.82) is 0 Å². The monoisotopic (exact) mass is 390 g/mol. The Balaban J connectivity index is 1.69. The third-order valence-electron chi connectivity index (χ3n) is 4.07. The summed E-state index contributed by atoms with van der Waals surface area (Å²) in [7, 11) is 0. The summed E-state index contributed by atoms with van der Waals surface area (Å²) in [6.07, 6.45) is 0.149. The second-order valence-electron chi connectivity index (χ2n) is 5.84. The van der Waals surface area contributed by atoms with Gasteiger partial charge in [0, 0.05) is 28.8 Å². The number of rotatable bonds is 3. The van der Waals surface area contributed by atoms with Crippen molar-refractivity contribution in [3.63, 3.8) is 0 Å². The molecule has 1 aliphatic heterocycles. The van der Waals surface area contributed by atoms with E-state index in [1.165, 1.54) is 17.0 Å². The van der Waals surface area contributed by atoms with Crippen LogP contribution in [-0.4, -0.2) is 18.4 Å². The molecule has 1 N–H and O–H groups in total. The molecule has 1 aliphatic rings. The second kappa shape index (κ2) is 6.73. The van der Waals surface area contributed by atoms with Gasteiger partial charge in [-0.1, -0.05) is 22.0 Å². The number of anilines is 2. The Hall–Kier alpha value is -2.21. The summed E-state index contributed by atoms with van der Waals surface area (Å²) in [5, 5.41) is 2.85. The lowest BCUT2D eigenvalue weighted by Crippen LogP contribution is -2.28. The molecule has 2 aromatic rings. The van der Waals surface area contributed by atoms with E-state index in [1.54, 1.807) is 12.1 Å². The lowest BCUT2D eigenvalue weighted by Gasteiger charge is -2.16. The summed E-state index contributed by atoms with van der Waals surface area (Å²) in [5.74, 6) is -1.11. The number of hydrogen-bond acceptors (Lipinski definition) is 2. The molecule has 2 amide bonds. The van der Waals surface area contributed by atoms with Crippen molar-refractivity contribution in [2.75, 3.05) is 16.8 Å². The summed E-state index contributed by atoms with van der Waals surface area (Å²) in [4.78, 5) is 26.1. The van der Waals surface area contributed by atoms with Crippen LogP contribution >= 0.6 is 15.9 Å². The van der Waals surface area contributed by atoms with Crippen molar-refractivity contribution in [1.82, 2.24) is 0 Å². The molecule has 0 spiro atoms. The average molecular weight is 391 g/mol. The van der Waals surface area contributed by atoms with Crippen LogP contribution in [-0.2, 0) is 9.59 Å². The average Bonchev–Trinajstić information content (AvgIpc) is 2.94. The number of amides is 2. The molecule has 1 heterocycles. The highest BCUT2D eigenvalue weighted by atomic mass is 79.9. The van der Waals surface area contributed by atoms with Gasteiger partial charge in [0.05, 0.1) is 5.92 Å². The molecule has 6 heteroatoms. The van der Waals surface area contributed by atoms with Crippen LogP contribution in [0.25, 0.3) is 0 Å². The van der Waals surface area contributed by atoms with Gasteiger partial charge < -0.3 is 10.2 Å². The van der Waals surface area contributed by atoms with E-state index in [9.17, 15) is 14.0 Å². The zero-order chi connectivity index (χ0) is 17.3. The highest BCUT2D eigenvalue weighted by Gasteiger charge is 2.35. The van der Waals surface area contributed by atoms with Gasteiger partial charge in [0.15, 0.2) is 0 Å². The first-order valence-electron chi connectivity index (χ1n) is 7.57. The first-order chi connectivity index (χ1) is 11.4. The lowest BCUT2D eigenvalue weighted by atomic mass is 10.1. The molecule has 4 nitrogen and oxygen atoms in total. The van der Waals surface area contributed by atoms with E-state index in [2.05, 4.69) is 21.2 Å². The minimum atomic E-state index is -0.428. The van der Waals surface area contributed by atoms with Gasteiger partial charge in [-0.15, -0.1) is 0 Å². The maximum absolute atomic E-state index is 13.0. The van der Waals surface area contributed by atoms with Crippen LogP contribution in [0.2, 0.25) is 0 Å². The summed E-state index contributed by atoms with van der Waals surface area (Å²) in [5.41, 5.74) is 2.37. The second-order valence-corrected chi connectivity index (χ2v) is 6.69. The fourth-order valence-electron chi connectivity index (χ4n) is 2.67. The van der Waals surface area contributed by atoms with E-state index in [0.29, 0.717) is 17.9 Å². The van der Waals surface area contributed by atoms with E-state index in [0.717, 1.165) is 10.0 Å². The summed E-state index contributed by atoms with van der Waals surface area (Å²) in [6.45, 7) is 2.26. The summed E-state index contributed by atoms with van der Waals surface area (Å²) < 4.78 is 13.9. The molecule has 124 valence electrons. The first-order valence-corrected chi connectivity index (χ1v) is 8.36. The Morgan fingerprint density at radius 3 is 2.62 bits per heavy atom. The Labute approximate surface area is 147 Å². The predicted octanol–water partition coefficient (Wildman–Crippen LogP) is 3.89. The van der Waals surface area contributed by atoms with Gasteiger partial charge >= 0.3 is 0 Å². The molecule has 1 atom stereocenters. The van der Waals surface area contributed by atoms with Crippen LogP contribution in [0.1, 0.15) is 12.0 Å². The number of carbonyl (C=O) groups excluding carboxylic acids is 2. The number of aryl methyl sites for hydroxylation is 1. The van der Waals surface area contributed by atoms with E-state index < -0.39 is 5.92 Å². The Bertz CT molecular complexity index is 792. The molecule has 1 unspecified atom stereocenters. The molecule has 0 radical (unpaired) electrons. The molecule has 0 aliphatic carbocycles. The highest BCUT2D eigenvalue weighted by Crippen LogP contribution is 2.27. The van der Waals surface area contributed by atoms with Crippen molar-refractivity contribution < 1.29 is 14.0 Å². The number of halogens is 2. The van der Waals surface area contributed by atoms with Crippen LogP contribution in [0.4, 0.5) is 15.8 Å². The lowest BCUT2D eigenvalue weighted by molar-refractivity contribution is -0.122. The van der Waals surface area contributed by atoms with Crippen LogP contribution < -0.4 is 10.2 Å². The minimum Gasteiger partial charge on any atom is -0.326 e. The number of hydrogen-bond donors (Lipinski definition) is 1. The Morgan fingerprint density at radius 1 is 1.25 bits per heavy atom. The zero-order valence-corrected chi connectivity index (χ0v) is 14.6. The normalized spacial score (nSPS) is 17.2. The minimum absolute atomic E-state index is 0.133. The molecule has 1 fully saturated rings. The van der Waals surface area contributed by atoms with Crippen LogP contribution in [0, 0.1) is 18.7 Å². The molecular weight excluding hydrogens is 375 g/mol. The molecule has 3 rings (SSSR count). The maximum Gasteiger partial charge on any atom is 0.229 e. The highest BCUT2D eigenvalue weighted by molar-refractivity contribution is 9.10. The van der Waals surface area contributed by atoms with Gasteiger partial charge in [0.1, 0.15) is 5.82 Å².